The fourth-order valence-corrected chi connectivity index (χ4v) is 1.93. The summed E-state index contributed by atoms with van der Waals surface area (Å²) in [5, 5.41) is 5.52. The van der Waals surface area contributed by atoms with Gasteiger partial charge in [0.05, 0.1) is 0 Å². The molecule has 0 radical (unpaired) electrons. The zero-order valence-corrected chi connectivity index (χ0v) is 12.9. The highest BCUT2D eigenvalue weighted by Crippen LogP contribution is 2.17. The van der Waals surface area contributed by atoms with Crippen LogP contribution in [0.3, 0.4) is 0 Å². The lowest BCUT2D eigenvalue weighted by atomic mass is 10.0. The molecule has 1 atom stereocenters. The van der Waals surface area contributed by atoms with Crippen LogP contribution in [0.5, 0.6) is 0 Å². The number of carbonyl (C=O) groups is 2. The fraction of sp³-hybridized carbons (Fsp3) is 0.500. The van der Waals surface area contributed by atoms with Crippen LogP contribution in [0.15, 0.2) is 24.3 Å². The SMILES string of the molecule is CC(=O)N[C@@H](C(=O)Nc1ccc(C(C)C)cc1)C(C)C. The fourth-order valence-electron chi connectivity index (χ4n) is 1.93. The van der Waals surface area contributed by atoms with Gasteiger partial charge in [-0.15, -0.1) is 0 Å². The topological polar surface area (TPSA) is 58.2 Å². The van der Waals surface area contributed by atoms with Crippen LogP contribution in [-0.4, -0.2) is 17.9 Å². The van der Waals surface area contributed by atoms with Gasteiger partial charge in [-0.25, -0.2) is 0 Å². The molecule has 4 heteroatoms. The molecule has 0 saturated heterocycles. The minimum Gasteiger partial charge on any atom is -0.344 e. The van der Waals surface area contributed by atoms with Crippen molar-refractivity contribution in [3.05, 3.63) is 29.8 Å². The van der Waals surface area contributed by atoms with Crippen molar-refractivity contribution in [3.8, 4) is 0 Å². The minimum absolute atomic E-state index is 0.0360. The number of amides is 2. The van der Waals surface area contributed by atoms with Gasteiger partial charge in [-0.3, -0.25) is 9.59 Å². The summed E-state index contributed by atoms with van der Waals surface area (Å²) in [7, 11) is 0. The molecule has 0 unspecified atom stereocenters. The summed E-state index contributed by atoms with van der Waals surface area (Å²) >= 11 is 0. The summed E-state index contributed by atoms with van der Waals surface area (Å²) in [6.07, 6.45) is 0. The average molecular weight is 276 g/mol. The predicted molar refractivity (Wildman–Crippen MR) is 81.6 cm³/mol. The highest BCUT2D eigenvalue weighted by molar-refractivity contribution is 5.97. The van der Waals surface area contributed by atoms with Crippen LogP contribution < -0.4 is 10.6 Å². The van der Waals surface area contributed by atoms with Crippen molar-refractivity contribution >= 4 is 17.5 Å². The van der Waals surface area contributed by atoms with Gasteiger partial charge in [0.25, 0.3) is 0 Å². The normalized spacial score (nSPS) is 12.3. The standard InChI is InChI=1S/C16H24N2O2/c1-10(2)13-6-8-14(9-7-13)18-16(20)15(11(3)4)17-12(5)19/h6-11,15H,1-5H3,(H,17,19)(H,18,20)/t15-/m1/s1. The Bertz CT molecular complexity index is 464. The smallest absolute Gasteiger partial charge is 0.247 e. The van der Waals surface area contributed by atoms with Gasteiger partial charge in [0.1, 0.15) is 6.04 Å². The molecule has 0 aliphatic carbocycles. The van der Waals surface area contributed by atoms with E-state index in [-0.39, 0.29) is 17.7 Å². The Balaban J connectivity index is 2.75. The maximum atomic E-state index is 12.2. The van der Waals surface area contributed by atoms with Gasteiger partial charge in [0, 0.05) is 12.6 Å². The highest BCUT2D eigenvalue weighted by Gasteiger charge is 2.22. The number of carbonyl (C=O) groups excluding carboxylic acids is 2. The first-order chi connectivity index (χ1) is 9.31. The Kier molecular flexibility index (Phi) is 5.74. The van der Waals surface area contributed by atoms with E-state index in [9.17, 15) is 9.59 Å². The molecule has 0 fully saturated rings. The van der Waals surface area contributed by atoms with Crippen LogP contribution in [0.25, 0.3) is 0 Å². The zero-order chi connectivity index (χ0) is 15.3. The average Bonchev–Trinajstić information content (AvgIpc) is 2.35. The van der Waals surface area contributed by atoms with Crippen molar-refractivity contribution in [2.24, 2.45) is 5.92 Å². The van der Waals surface area contributed by atoms with Crippen LogP contribution in [0.2, 0.25) is 0 Å². The summed E-state index contributed by atoms with van der Waals surface area (Å²) < 4.78 is 0. The van der Waals surface area contributed by atoms with Crippen molar-refractivity contribution in [2.75, 3.05) is 5.32 Å². The first kappa shape index (κ1) is 16.2. The Morgan fingerprint density at radius 3 is 1.95 bits per heavy atom. The summed E-state index contributed by atoms with van der Waals surface area (Å²) in [4.78, 5) is 23.3. The quantitative estimate of drug-likeness (QED) is 0.868. The van der Waals surface area contributed by atoms with Crippen LogP contribution in [0.1, 0.15) is 46.1 Å². The minimum atomic E-state index is -0.516. The molecule has 0 aliphatic heterocycles. The van der Waals surface area contributed by atoms with Gasteiger partial charge >= 0.3 is 0 Å². The van der Waals surface area contributed by atoms with Gasteiger partial charge in [0.15, 0.2) is 0 Å². The first-order valence-electron chi connectivity index (χ1n) is 6.99. The Morgan fingerprint density at radius 2 is 1.55 bits per heavy atom. The Hall–Kier alpha value is -1.84. The van der Waals surface area contributed by atoms with Crippen molar-refractivity contribution in [3.63, 3.8) is 0 Å². The molecule has 20 heavy (non-hydrogen) atoms. The van der Waals surface area contributed by atoms with Crippen LogP contribution >= 0.6 is 0 Å². The molecule has 4 nitrogen and oxygen atoms in total. The molecule has 0 bridgehead atoms. The van der Waals surface area contributed by atoms with E-state index >= 15 is 0 Å². The number of anilines is 1. The number of rotatable bonds is 5. The largest absolute Gasteiger partial charge is 0.344 e. The molecule has 0 saturated carbocycles. The monoisotopic (exact) mass is 276 g/mol. The third-order valence-electron chi connectivity index (χ3n) is 3.15. The van der Waals surface area contributed by atoms with Gasteiger partial charge in [-0.05, 0) is 29.5 Å². The number of hydrogen-bond acceptors (Lipinski definition) is 2. The van der Waals surface area contributed by atoms with E-state index in [1.165, 1.54) is 12.5 Å². The van der Waals surface area contributed by atoms with E-state index < -0.39 is 6.04 Å². The Morgan fingerprint density at radius 1 is 1.00 bits per heavy atom. The molecular formula is C16H24N2O2. The predicted octanol–water partition coefficient (Wildman–Crippen LogP) is 2.91. The molecule has 0 aromatic heterocycles. The van der Waals surface area contributed by atoms with Crippen LogP contribution in [0.4, 0.5) is 5.69 Å². The zero-order valence-electron chi connectivity index (χ0n) is 12.9. The van der Waals surface area contributed by atoms with Crippen LogP contribution in [0, 0.1) is 5.92 Å². The van der Waals surface area contributed by atoms with Gasteiger partial charge in [0.2, 0.25) is 11.8 Å². The van der Waals surface area contributed by atoms with Crippen molar-refractivity contribution < 1.29 is 9.59 Å². The van der Waals surface area contributed by atoms with E-state index in [1.54, 1.807) is 0 Å². The second-order valence-electron chi connectivity index (χ2n) is 5.69. The summed E-state index contributed by atoms with van der Waals surface area (Å²) in [5.41, 5.74) is 1.97. The molecule has 0 aliphatic rings. The maximum Gasteiger partial charge on any atom is 0.247 e. The van der Waals surface area contributed by atoms with Gasteiger partial charge < -0.3 is 10.6 Å². The summed E-state index contributed by atoms with van der Waals surface area (Å²) in [6.45, 7) is 9.47. The third kappa shape index (κ3) is 4.68. The van der Waals surface area contributed by atoms with E-state index in [0.717, 1.165) is 5.69 Å². The first-order valence-corrected chi connectivity index (χ1v) is 6.99. The lowest BCUT2D eigenvalue weighted by molar-refractivity contribution is -0.126. The number of benzene rings is 1. The Labute approximate surface area is 121 Å². The van der Waals surface area contributed by atoms with Crippen molar-refractivity contribution in [1.82, 2.24) is 5.32 Å². The molecule has 0 heterocycles. The number of hydrogen-bond donors (Lipinski definition) is 2. The maximum absolute atomic E-state index is 12.2. The molecule has 1 aromatic rings. The molecule has 1 rings (SSSR count). The molecule has 2 N–H and O–H groups in total. The van der Waals surface area contributed by atoms with Gasteiger partial charge in [-0.1, -0.05) is 39.8 Å². The van der Waals surface area contributed by atoms with Gasteiger partial charge in [-0.2, -0.15) is 0 Å². The van der Waals surface area contributed by atoms with Crippen molar-refractivity contribution in [2.45, 2.75) is 46.6 Å². The van der Waals surface area contributed by atoms with E-state index in [2.05, 4.69) is 24.5 Å². The lowest BCUT2D eigenvalue weighted by Gasteiger charge is -2.21. The molecular weight excluding hydrogens is 252 g/mol. The molecule has 110 valence electrons. The second-order valence-corrected chi connectivity index (χ2v) is 5.69. The lowest BCUT2D eigenvalue weighted by Crippen LogP contribution is -2.46. The number of nitrogens with one attached hydrogen (secondary N) is 2. The van der Waals surface area contributed by atoms with E-state index in [4.69, 9.17) is 0 Å². The molecule has 1 aromatic carbocycles. The third-order valence-corrected chi connectivity index (χ3v) is 3.15. The summed E-state index contributed by atoms with van der Waals surface area (Å²) in [6, 6.07) is 7.26. The second kappa shape index (κ2) is 7.08. The van der Waals surface area contributed by atoms with Crippen molar-refractivity contribution in [1.29, 1.82) is 0 Å². The summed E-state index contributed by atoms with van der Waals surface area (Å²) in [5.74, 6) is 0.109. The van der Waals surface area contributed by atoms with E-state index in [1.807, 2.05) is 38.1 Å². The molecule has 2 amide bonds. The van der Waals surface area contributed by atoms with Crippen LogP contribution in [-0.2, 0) is 9.59 Å². The molecule has 0 spiro atoms. The van der Waals surface area contributed by atoms with E-state index in [0.29, 0.717) is 5.92 Å². The highest BCUT2D eigenvalue weighted by atomic mass is 16.2.